The number of nitrogens with zero attached hydrogens (tertiary/aromatic N) is 2. The Labute approximate surface area is 101 Å². The van der Waals surface area contributed by atoms with E-state index in [1.54, 1.807) is 18.5 Å². The molecule has 0 aliphatic rings. The minimum absolute atomic E-state index is 0.128. The summed E-state index contributed by atoms with van der Waals surface area (Å²) in [7, 11) is 1.49. The van der Waals surface area contributed by atoms with Crippen LogP contribution in [0.5, 0.6) is 5.75 Å². The molecule has 1 aromatic rings. The number of carbonyl (C=O) groups excluding carboxylic acids is 1. The number of hydrogen-bond acceptors (Lipinski definition) is 4. The molecule has 0 aliphatic carbocycles. The molecular formula is C12H20N2O3. The van der Waals surface area contributed by atoms with E-state index in [1.165, 1.54) is 13.3 Å². The Morgan fingerprint density at radius 2 is 2.24 bits per heavy atom. The number of rotatable bonds is 6. The lowest BCUT2D eigenvalue weighted by atomic mass is 10.0. The van der Waals surface area contributed by atoms with Gasteiger partial charge in [0.1, 0.15) is 11.8 Å². The molecule has 0 saturated heterocycles. The van der Waals surface area contributed by atoms with Crippen molar-refractivity contribution in [3.8, 4) is 5.75 Å². The molecule has 0 fully saturated rings. The van der Waals surface area contributed by atoms with Crippen molar-refractivity contribution < 1.29 is 14.6 Å². The number of aryl methyl sites for hydroxylation is 1. The van der Waals surface area contributed by atoms with Gasteiger partial charge in [-0.05, 0) is 12.3 Å². The highest BCUT2D eigenvalue weighted by atomic mass is 16.5. The Morgan fingerprint density at radius 3 is 2.71 bits per heavy atom. The molecule has 1 aromatic heterocycles. The largest absolute Gasteiger partial charge is 0.493 e. The molecule has 1 N–H and O–H groups in total. The number of carbonyl (C=O) groups is 1. The lowest BCUT2D eigenvalue weighted by Gasteiger charge is -2.14. The van der Waals surface area contributed by atoms with Gasteiger partial charge in [-0.1, -0.05) is 20.8 Å². The van der Waals surface area contributed by atoms with Crippen LogP contribution >= 0.6 is 0 Å². The first-order chi connectivity index (χ1) is 8.02. The highest BCUT2D eigenvalue weighted by molar-refractivity contribution is 6.00. The summed E-state index contributed by atoms with van der Waals surface area (Å²) in [5.41, 5.74) is 0.357. The molecule has 0 aromatic carbocycles. The molecule has 0 amide bonds. The summed E-state index contributed by atoms with van der Waals surface area (Å²) in [6, 6.07) is 0. The summed E-state index contributed by atoms with van der Waals surface area (Å²) in [4.78, 5) is 12.1. The standard InChI is InChI=1S/C12H20N2O3/c1-5-6-14-10(9(17-4)7-13-14)12(16)11(15)8(2)3/h7-8,11,15H,5-6H2,1-4H3. The number of hydrogen-bond donors (Lipinski definition) is 1. The predicted octanol–water partition coefficient (Wildman–Crippen LogP) is 1.50. The Morgan fingerprint density at radius 1 is 1.59 bits per heavy atom. The molecule has 1 unspecified atom stereocenters. The summed E-state index contributed by atoms with van der Waals surface area (Å²) >= 11 is 0. The second-order valence-corrected chi connectivity index (χ2v) is 4.34. The van der Waals surface area contributed by atoms with Crippen LogP contribution in [0.25, 0.3) is 0 Å². The van der Waals surface area contributed by atoms with Crippen molar-refractivity contribution in [3.63, 3.8) is 0 Å². The zero-order chi connectivity index (χ0) is 13.0. The van der Waals surface area contributed by atoms with E-state index in [1.807, 2.05) is 6.92 Å². The average Bonchev–Trinajstić information content (AvgIpc) is 2.70. The summed E-state index contributed by atoms with van der Waals surface area (Å²) in [6.45, 7) is 6.24. The van der Waals surface area contributed by atoms with E-state index in [4.69, 9.17) is 4.74 Å². The molecule has 1 rings (SSSR count). The van der Waals surface area contributed by atoms with Crippen LogP contribution in [0.2, 0.25) is 0 Å². The van der Waals surface area contributed by atoms with Crippen molar-refractivity contribution in [2.45, 2.75) is 39.8 Å². The molecule has 1 atom stereocenters. The van der Waals surface area contributed by atoms with Crippen molar-refractivity contribution in [3.05, 3.63) is 11.9 Å². The van der Waals surface area contributed by atoms with Crippen LogP contribution in [-0.2, 0) is 6.54 Å². The van der Waals surface area contributed by atoms with Gasteiger partial charge in [0.2, 0.25) is 5.78 Å². The number of aliphatic hydroxyl groups excluding tert-OH is 1. The predicted molar refractivity (Wildman–Crippen MR) is 64.2 cm³/mol. The summed E-state index contributed by atoms with van der Waals surface area (Å²) in [6.07, 6.45) is 1.36. The van der Waals surface area contributed by atoms with Crippen LogP contribution in [0, 0.1) is 5.92 Å². The Kier molecular flexibility index (Phi) is 4.69. The molecule has 0 aliphatic heterocycles. The van der Waals surface area contributed by atoms with Crippen LogP contribution in [-0.4, -0.2) is 33.9 Å². The molecule has 0 saturated carbocycles. The Hall–Kier alpha value is -1.36. The monoisotopic (exact) mass is 240 g/mol. The fourth-order valence-electron chi connectivity index (χ4n) is 1.59. The van der Waals surface area contributed by atoms with Crippen LogP contribution in [0.4, 0.5) is 0 Å². The maximum absolute atomic E-state index is 12.1. The van der Waals surface area contributed by atoms with E-state index >= 15 is 0 Å². The van der Waals surface area contributed by atoms with Crippen molar-refractivity contribution in [2.75, 3.05) is 7.11 Å². The lowest BCUT2D eigenvalue weighted by Crippen LogP contribution is -2.28. The van der Waals surface area contributed by atoms with Crippen molar-refractivity contribution in [2.24, 2.45) is 5.92 Å². The number of ketones is 1. The molecule has 5 nitrogen and oxygen atoms in total. The van der Waals surface area contributed by atoms with E-state index in [2.05, 4.69) is 5.10 Å². The third-order valence-corrected chi connectivity index (χ3v) is 2.59. The number of aromatic nitrogens is 2. The molecule has 17 heavy (non-hydrogen) atoms. The highest BCUT2D eigenvalue weighted by Gasteiger charge is 2.27. The average molecular weight is 240 g/mol. The first kappa shape index (κ1) is 13.7. The molecule has 0 radical (unpaired) electrons. The van der Waals surface area contributed by atoms with Gasteiger partial charge in [-0.3, -0.25) is 9.48 Å². The smallest absolute Gasteiger partial charge is 0.213 e. The van der Waals surface area contributed by atoms with Gasteiger partial charge < -0.3 is 9.84 Å². The molecule has 0 bridgehead atoms. The second kappa shape index (κ2) is 5.82. The van der Waals surface area contributed by atoms with Crippen molar-refractivity contribution in [1.82, 2.24) is 9.78 Å². The quantitative estimate of drug-likeness (QED) is 0.765. The van der Waals surface area contributed by atoms with Gasteiger partial charge in [0.25, 0.3) is 0 Å². The van der Waals surface area contributed by atoms with E-state index in [9.17, 15) is 9.90 Å². The molecule has 5 heteroatoms. The van der Waals surface area contributed by atoms with Crippen LogP contribution in [0.1, 0.15) is 37.7 Å². The number of methoxy groups -OCH3 is 1. The first-order valence-electron chi connectivity index (χ1n) is 5.85. The maximum atomic E-state index is 12.1. The van der Waals surface area contributed by atoms with Gasteiger partial charge >= 0.3 is 0 Å². The molecule has 96 valence electrons. The topological polar surface area (TPSA) is 64.4 Å². The summed E-state index contributed by atoms with van der Waals surface area (Å²) in [5, 5.41) is 13.9. The van der Waals surface area contributed by atoms with E-state index in [0.717, 1.165) is 6.42 Å². The lowest BCUT2D eigenvalue weighted by molar-refractivity contribution is 0.0632. The van der Waals surface area contributed by atoms with E-state index in [-0.39, 0.29) is 11.7 Å². The normalized spacial score (nSPS) is 12.8. The maximum Gasteiger partial charge on any atom is 0.213 e. The Bertz CT molecular complexity index is 385. The zero-order valence-electron chi connectivity index (χ0n) is 10.8. The number of Topliss-reactive ketones (excluding diaryl/α,β-unsaturated/α-hetero) is 1. The molecule has 0 spiro atoms. The van der Waals surface area contributed by atoms with Crippen molar-refractivity contribution >= 4 is 5.78 Å². The third kappa shape index (κ3) is 2.85. The number of aliphatic hydroxyl groups is 1. The van der Waals surface area contributed by atoms with E-state index < -0.39 is 6.10 Å². The van der Waals surface area contributed by atoms with Gasteiger partial charge in [0, 0.05) is 6.54 Å². The first-order valence-corrected chi connectivity index (χ1v) is 5.85. The van der Waals surface area contributed by atoms with Crippen LogP contribution < -0.4 is 4.74 Å². The van der Waals surface area contributed by atoms with Gasteiger partial charge in [-0.2, -0.15) is 5.10 Å². The summed E-state index contributed by atoms with van der Waals surface area (Å²) in [5.74, 6) is -0.0388. The minimum Gasteiger partial charge on any atom is -0.493 e. The minimum atomic E-state index is -1.02. The molecule has 1 heterocycles. The third-order valence-electron chi connectivity index (χ3n) is 2.59. The van der Waals surface area contributed by atoms with Gasteiger partial charge in [-0.25, -0.2) is 0 Å². The fourth-order valence-corrected chi connectivity index (χ4v) is 1.59. The summed E-state index contributed by atoms with van der Waals surface area (Å²) < 4.78 is 6.70. The highest BCUT2D eigenvalue weighted by Crippen LogP contribution is 2.21. The zero-order valence-corrected chi connectivity index (χ0v) is 10.8. The van der Waals surface area contributed by atoms with E-state index in [0.29, 0.717) is 18.0 Å². The molecular weight excluding hydrogens is 220 g/mol. The van der Waals surface area contributed by atoms with Gasteiger partial charge in [-0.15, -0.1) is 0 Å². The van der Waals surface area contributed by atoms with Crippen LogP contribution in [0.3, 0.4) is 0 Å². The van der Waals surface area contributed by atoms with Crippen LogP contribution in [0.15, 0.2) is 6.20 Å². The van der Waals surface area contributed by atoms with Crippen molar-refractivity contribution in [1.29, 1.82) is 0 Å². The van der Waals surface area contributed by atoms with Gasteiger partial charge in [0.05, 0.1) is 13.3 Å². The SMILES string of the molecule is CCCn1ncc(OC)c1C(=O)C(O)C(C)C. The number of ether oxygens (including phenoxy) is 1. The Balaban J connectivity index is 3.09. The second-order valence-electron chi connectivity index (χ2n) is 4.34. The fraction of sp³-hybridized carbons (Fsp3) is 0.667. The van der Waals surface area contributed by atoms with Gasteiger partial charge in [0.15, 0.2) is 5.75 Å².